The highest BCUT2D eigenvalue weighted by Gasteiger charge is 2.77. The molecular formula is C39H22Cl2F5N3O6. The molecule has 3 heterocycles. The van der Waals surface area contributed by atoms with Crippen LogP contribution in [-0.4, -0.2) is 43.5 Å². The minimum Gasteiger partial charge on any atom is -0.508 e. The molecule has 4 aliphatic rings. The zero-order valence-electron chi connectivity index (χ0n) is 27.7. The number of halogens is 7. The lowest BCUT2D eigenvalue weighted by Gasteiger charge is -2.50. The van der Waals surface area contributed by atoms with Crippen molar-refractivity contribution in [2.24, 2.45) is 17.8 Å². The third-order valence-corrected chi connectivity index (χ3v) is 12.5. The lowest BCUT2D eigenvalue weighted by molar-refractivity contribution is -0.125. The number of benzene rings is 4. The predicted molar refractivity (Wildman–Crippen MR) is 186 cm³/mol. The first-order valence-electron chi connectivity index (χ1n) is 16.8. The van der Waals surface area contributed by atoms with Crippen LogP contribution >= 0.6 is 23.2 Å². The lowest BCUT2D eigenvalue weighted by atomic mass is 9.56. The van der Waals surface area contributed by atoms with Crippen molar-refractivity contribution in [1.82, 2.24) is 4.98 Å². The minimum atomic E-state index is -2.69. The quantitative estimate of drug-likeness (QED) is 0.0496. The summed E-state index contributed by atoms with van der Waals surface area (Å²) in [5.41, 5.74) is 0.434. The van der Waals surface area contributed by atoms with Gasteiger partial charge in [-0.2, -0.15) is 0 Å². The summed E-state index contributed by atoms with van der Waals surface area (Å²) in [6, 6.07) is 18.8. The van der Waals surface area contributed by atoms with Crippen LogP contribution < -0.4 is 9.80 Å². The summed E-state index contributed by atoms with van der Waals surface area (Å²) in [6.07, 6.45) is 0.880. The van der Waals surface area contributed by atoms with Gasteiger partial charge in [-0.3, -0.25) is 24.1 Å². The first kappa shape index (κ1) is 35.1. The number of oxazole rings is 1. The van der Waals surface area contributed by atoms with Gasteiger partial charge in [0.25, 0.3) is 11.8 Å². The number of hydrogen-bond acceptors (Lipinski definition) is 7. The zero-order valence-corrected chi connectivity index (χ0v) is 29.2. The van der Waals surface area contributed by atoms with E-state index in [1.807, 2.05) is 6.07 Å². The summed E-state index contributed by atoms with van der Waals surface area (Å²) in [5.74, 6) is -21.6. The second-order valence-corrected chi connectivity index (χ2v) is 15.1. The van der Waals surface area contributed by atoms with E-state index in [0.717, 1.165) is 4.90 Å². The SMILES string of the molecule is O=C1C2CC=C3C(CC4(Cl)C(=O)N(c5c(F)c(F)c(F)c(F)c5F)C(=O)C4(Cl)C3c3cccc(O)c3)C2C(=O)N1c1ccc(-c2nc3ccccc3o2)cc1. The normalized spacial score (nSPS) is 27.4. The summed E-state index contributed by atoms with van der Waals surface area (Å²) >= 11 is 14.3. The first-order chi connectivity index (χ1) is 26.2. The predicted octanol–water partition coefficient (Wildman–Crippen LogP) is 7.66. The highest BCUT2D eigenvalue weighted by Crippen LogP contribution is 2.66. The summed E-state index contributed by atoms with van der Waals surface area (Å²) in [7, 11) is 0. The maximum atomic E-state index is 15.2. The Morgan fingerprint density at radius 2 is 1.44 bits per heavy atom. The van der Waals surface area contributed by atoms with E-state index in [9.17, 15) is 37.5 Å². The zero-order chi connectivity index (χ0) is 38.9. The lowest BCUT2D eigenvalue weighted by Crippen LogP contribution is -2.60. The number of aromatic hydroxyl groups is 1. The number of aromatic nitrogens is 1. The molecule has 9 nitrogen and oxygen atoms in total. The molecule has 3 fully saturated rings. The number of para-hydroxylation sites is 2. The van der Waals surface area contributed by atoms with Gasteiger partial charge in [-0.25, -0.2) is 31.8 Å². The fraction of sp³-hybridized carbons (Fsp3) is 0.205. The third kappa shape index (κ3) is 4.61. The van der Waals surface area contributed by atoms with E-state index in [1.54, 1.807) is 36.4 Å². The van der Waals surface area contributed by atoms with Crippen LogP contribution in [0.4, 0.5) is 33.3 Å². The van der Waals surface area contributed by atoms with Crippen molar-refractivity contribution in [2.45, 2.75) is 28.5 Å². The Balaban J connectivity index is 1.14. The first-order valence-corrected chi connectivity index (χ1v) is 17.6. The van der Waals surface area contributed by atoms with E-state index < -0.39 is 98.2 Å². The number of phenols is 1. The van der Waals surface area contributed by atoms with Crippen molar-refractivity contribution in [3.05, 3.63) is 119 Å². The Labute approximate surface area is 316 Å². The second kappa shape index (κ2) is 11.9. The molecule has 1 aromatic heterocycles. The molecule has 2 saturated heterocycles. The van der Waals surface area contributed by atoms with E-state index in [-0.39, 0.29) is 33.9 Å². The summed E-state index contributed by atoms with van der Waals surface area (Å²) < 4.78 is 79.3. The highest BCUT2D eigenvalue weighted by atomic mass is 35.5. The molecule has 4 aromatic carbocycles. The number of nitrogens with zero attached hydrogens (tertiary/aromatic N) is 3. The molecule has 0 spiro atoms. The molecule has 2 aliphatic heterocycles. The van der Waals surface area contributed by atoms with Crippen LogP contribution in [0.1, 0.15) is 24.3 Å². The van der Waals surface area contributed by atoms with Gasteiger partial charge in [-0.05, 0) is 72.9 Å². The van der Waals surface area contributed by atoms with Crippen LogP contribution in [0, 0.1) is 46.8 Å². The number of amides is 4. The maximum Gasteiger partial charge on any atom is 0.258 e. The number of anilines is 2. The van der Waals surface area contributed by atoms with Crippen molar-refractivity contribution < 1.29 is 50.7 Å². The smallest absolute Gasteiger partial charge is 0.258 e. The molecule has 9 rings (SSSR count). The molecular weight excluding hydrogens is 772 g/mol. The van der Waals surface area contributed by atoms with Crippen LogP contribution in [-0.2, 0) is 19.2 Å². The number of phenolic OH excluding ortho intramolecular Hbond substituents is 1. The van der Waals surface area contributed by atoms with Crippen LogP contribution in [0.5, 0.6) is 5.75 Å². The summed E-state index contributed by atoms with van der Waals surface area (Å²) in [6.45, 7) is 0. The van der Waals surface area contributed by atoms with Gasteiger partial charge in [0.1, 0.15) is 17.0 Å². The van der Waals surface area contributed by atoms with Crippen molar-refractivity contribution in [2.75, 3.05) is 9.80 Å². The Morgan fingerprint density at radius 1 is 0.764 bits per heavy atom. The van der Waals surface area contributed by atoms with E-state index in [1.165, 1.54) is 36.4 Å². The molecule has 4 amide bonds. The number of allylic oxidation sites excluding steroid dienone is 2. The van der Waals surface area contributed by atoms with Gasteiger partial charge in [0.05, 0.1) is 17.5 Å². The van der Waals surface area contributed by atoms with Gasteiger partial charge >= 0.3 is 0 Å². The van der Waals surface area contributed by atoms with Crippen LogP contribution in [0.25, 0.3) is 22.6 Å². The molecule has 0 bridgehead atoms. The fourth-order valence-corrected chi connectivity index (χ4v) is 9.58. The van der Waals surface area contributed by atoms with Gasteiger partial charge < -0.3 is 9.52 Å². The van der Waals surface area contributed by atoms with Crippen molar-refractivity contribution in [3.8, 4) is 17.2 Å². The second-order valence-electron chi connectivity index (χ2n) is 13.8. The van der Waals surface area contributed by atoms with Crippen molar-refractivity contribution in [3.63, 3.8) is 0 Å². The van der Waals surface area contributed by atoms with Gasteiger partial charge in [0.15, 0.2) is 38.6 Å². The molecule has 1 saturated carbocycles. The molecule has 16 heteroatoms. The van der Waals surface area contributed by atoms with Crippen LogP contribution in [0.15, 0.2) is 88.9 Å². The van der Waals surface area contributed by atoms with Crippen molar-refractivity contribution in [1.29, 1.82) is 0 Å². The van der Waals surface area contributed by atoms with Gasteiger partial charge in [0.2, 0.25) is 23.5 Å². The average molecular weight is 795 g/mol. The number of carbonyl (C=O) groups is 4. The van der Waals surface area contributed by atoms with Crippen LogP contribution in [0.2, 0.25) is 0 Å². The van der Waals surface area contributed by atoms with E-state index in [2.05, 4.69) is 4.98 Å². The molecule has 6 unspecified atom stereocenters. The standard InChI is InChI=1S/C39H22Cl2F5N3O6/c40-38-15-22-20(12-13-21-25(22)35(52)48(34(21)51)18-10-8-16(9-11-18)33-47-23-6-1-2-7-24(23)55-33)26(17-4-3-5-19(50)14-17)39(38,41)37(54)49(36(38)53)32-30(45)28(43)27(42)29(44)31(32)46/h1-12,14,21-22,25-26,50H,13,15H2. The Morgan fingerprint density at radius 3 is 2.11 bits per heavy atom. The topological polar surface area (TPSA) is 121 Å². The Kier molecular flexibility index (Phi) is 7.63. The monoisotopic (exact) mass is 793 g/mol. The number of carbonyl (C=O) groups excluding carboxylic acids is 4. The molecule has 278 valence electrons. The molecule has 1 N–H and O–H groups in total. The Bertz CT molecular complexity index is 2540. The van der Waals surface area contributed by atoms with Gasteiger partial charge in [-0.1, -0.05) is 35.9 Å². The molecule has 55 heavy (non-hydrogen) atoms. The third-order valence-electron chi connectivity index (χ3n) is 11.1. The largest absolute Gasteiger partial charge is 0.508 e. The maximum absolute atomic E-state index is 15.2. The summed E-state index contributed by atoms with van der Waals surface area (Å²) in [4.78, 5) is 57.0. The van der Waals surface area contributed by atoms with E-state index in [0.29, 0.717) is 22.6 Å². The molecule has 0 radical (unpaired) electrons. The number of alkyl halides is 2. The molecule has 6 atom stereocenters. The number of hydrogen-bond donors (Lipinski definition) is 1. The van der Waals surface area contributed by atoms with Gasteiger partial charge in [-0.15, -0.1) is 23.2 Å². The van der Waals surface area contributed by atoms with Crippen molar-refractivity contribution >= 4 is 69.3 Å². The minimum absolute atomic E-state index is 0.0420. The number of rotatable bonds is 4. The Hall–Kier alpha value is -5.60. The van der Waals surface area contributed by atoms with E-state index >= 15 is 8.78 Å². The van der Waals surface area contributed by atoms with Gasteiger partial charge in [0, 0.05) is 11.5 Å². The fourth-order valence-electron chi connectivity index (χ4n) is 8.65. The average Bonchev–Trinajstić information content (AvgIpc) is 3.77. The van der Waals surface area contributed by atoms with E-state index in [4.69, 9.17) is 27.6 Å². The number of imide groups is 2. The summed E-state index contributed by atoms with van der Waals surface area (Å²) in [5, 5.41) is 10.5. The molecule has 5 aromatic rings. The highest BCUT2D eigenvalue weighted by molar-refractivity contribution is 6.58. The van der Waals surface area contributed by atoms with Crippen LogP contribution in [0.3, 0.4) is 0 Å². The molecule has 2 aliphatic carbocycles. The number of fused-ring (bicyclic) bond motifs is 5.